The molecule has 2 aromatic heterocycles. The second-order valence-corrected chi connectivity index (χ2v) is 3.13. The molecule has 0 bridgehead atoms. The molecule has 15 heavy (non-hydrogen) atoms. The maximum atomic E-state index is 4.43. The van der Waals surface area contributed by atoms with Gasteiger partial charge in [-0.2, -0.15) is 0 Å². The van der Waals surface area contributed by atoms with E-state index in [1.807, 2.05) is 0 Å². The van der Waals surface area contributed by atoms with Crippen LogP contribution in [0.3, 0.4) is 0 Å². The lowest BCUT2D eigenvalue weighted by Gasteiger charge is -2.18. The summed E-state index contributed by atoms with van der Waals surface area (Å²) in [7, 11) is 0. The van der Waals surface area contributed by atoms with Gasteiger partial charge in [0.15, 0.2) is 5.65 Å². The summed E-state index contributed by atoms with van der Waals surface area (Å²) in [5.41, 5.74) is 1.38. The smallest absolute Gasteiger partial charge is 0.183 e. The van der Waals surface area contributed by atoms with E-state index in [1.54, 1.807) is 12.4 Å². The first-order valence-corrected chi connectivity index (χ1v) is 5.02. The molecular formula is C10H13N5. The van der Waals surface area contributed by atoms with Crippen molar-refractivity contribution in [2.45, 2.75) is 13.8 Å². The maximum Gasteiger partial charge on any atom is 0.183 e. The maximum absolute atomic E-state index is 4.43. The summed E-state index contributed by atoms with van der Waals surface area (Å²) >= 11 is 0. The van der Waals surface area contributed by atoms with Crippen molar-refractivity contribution in [3.63, 3.8) is 0 Å². The van der Waals surface area contributed by atoms with E-state index in [2.05, 4.69) is 38.7 Å². The first kappa shape index (κ1) is 9.76. The van der Waals surface area contributed by atoms with Gasteiger partial charge in [-0.05, 0) is 13.8 Å². The minimum Gasteiger partial charge on any atom is -0.356 e. The lowest BCUT2D eigenvalue weighted by atomic mass is 10.4. The number of aromatic nitrogens is 4. The highest BCUT2D eigenvalue weighted by atomic mass is 15.2. The summed E-state index contributed by atoms with van der Waals surface area (Å²) in [4.78, 5) is 18.8. The van der Waals surface area contributed by atoms with Gasteiger partial charge in [0.1, 0.15) is 17.7 Å². The van der Waals surface area contributed by atoms with Gasteiger partial charge in [-0.3, -0.25) is 0 Å². The van der Waals surface area contributed by atoms with E-state index in [9.17, 15) is 0 Å². The number of fused-ring (bicyclic) bond motifs is 1. The average molecular weight is 203 g/mol. The molecule has 0 saturated heterocycles. The van der Waals surface area contributed by atoms with Gasteiger partial charge in [0, 0.05) is 13.1 Å². The topological polar surface area (TPSA) is 54.8 Å². The molecule has 0 aliphatic heterocycles. The average Bonchev–Trinajstić information content (AvgIpc) is 2.30. The molecule has 0 saturated carbocycles. The monoisotopic (exact) mass is 203 g/mol. The Balaban J connectivity index is 2.46. The molecule has 5 nitrogen and oxygen atoms in total. The molecule has 5 heteroatoms. The minimum absolute atomic E-state index is 0.648. The van der Waals surface area contributed by atoms with Gasteiger partial charge in [0.25, 0.3) is 0 Å². The quantitative estimate of drug-likeness (QED) is 0.751. The molecule has 0 unspecified atom stereocenters. The second kappa shape index (κ2) is 4.16. The van der Waals surface area contributed by atoms with Gasteiger partial charge in [-0.15, -0.1) is 0 Å². The largest absolute Gasteiger partial charge is 0.356 e. The SMILES string of the molecule is CCN(CC)c1cnc2cncnc2n1. The lowest BCUT2D eigenvalue weighted by molar-refractivity contribution is 0.844. The van der Waals surface area contributed by atoms with Gasteiger partial charge in [0.2, 0.25) is 0 Å². The number of hydrogen-bond acceptors (Lipinski definition) is 5. The zero-order valence-electron chi connectivity index (χ0n) is 8.88. The third-order valence-corrected chi connectivity index (χ3v) is 2.30. The Labute approximate surface area is 88.2 Å². The van der Waals surface area contributed by atoms with Crippen LogP contribution in [0.1, 0.15) is 13.8 Å². The Morgan fingerprint density at radius 3 is 2.67 bits per heavy atom. The van der Waals surface area contributed by atoms with Crippen LogP contribution in [0, 0.1) is 0 Å². The van der Waals surface area contributed by atoms with Crippen molar-refractivity contribution in [1.82, 2.24) is 19.9 Å². The van der Waals surface area contributed by atoms with Crippen LogP contribution < -0.4 is 4.90 Å². The van der Waals surface area contributed by atoms with Crippen molar-refractivity contribution in [2.24, 2.45) is 0 Å². The third-order valence-electron chi connectivity index (χ3n) is 2.30. The highest BCUT2D eigenvalue weighted by Crippen LogP contribution is 2.12. The Kier molecular flexibility index (Phi) is 2.71. The first-order valence-electron chi connectivity index (χ1n) is 5.02. The third kappa shape index (κ3) is 1.86. The van der Waals surface area contributed by atoms with Crippen LogP contribution in [-0.4, -0.2) is 33.0 Å². The summed E-state index contributed by atoms with van der Waals surface area (Å²) < 4.78 is 0. The normalized spacial score (nSPS) is 10.5. The minimum atomic E-state index is 0.648. The number of hydrogen-bond donors (Lipinski definition) is 0. The van der Waals surface area contributed by atoms with Gasteiger partial charge < -0.3 is 4.90 Å². The molecule has 0 aromatic carbocycles. The van der Waals surface area contributed by atoms with Crippen molar-refractivity contribution < 1.29 is 0 Å². The van der Waals surface area contributed by atoms with Crippen molar-refractivity contribution in [3.05, 3.63) is 18.7 Å². The van der Waals surface area contributed by atoms with Gasteiger partial charge in [-0.1, -0.05) is 0 Å². The van der Waals surface area contributed by atoms with Gasteiger partial charge in [0.05, 0.1) is 12.4 Å². The Bertz CT molecular complexity index is 452. The predicted molar refractivity (Wildman–Crippen MR) is 58.7 cm³/mol. The van der Waals surface area contributed by atoms with Crippen LogP contribution in [0.15, 0.2) is 18.7 Å². The van der Waals surface area contributed by atoms with E-state index < -0.39 is 0 Å². The van der Waals surface area contributed by atoms with Gasteiger partial charge >= 0.3 is 0 Å². The fourth-order valence-electron chi connectivity index (χ4n) is 1.46. The summed E-state index contributed by atoms with van der Waals surface area (Å²) in [6.45, 7) is 6.02. The summed E-state index contributed by atoms with van der Waals surface area (Å²) in [6, 6.07) is 0. The summed E-state index contributed by atoms with van der Waals surface area (Å²) in [5, 5.41) is 0. The molecule has 78 valence electrons. The molecule has 0 atom stereocenters. The van der Waals surface area contributed by atoms with Crippen LogP contribution in [0.2, 0.25) is 0 Å². The number of rotatable bonds is 3. The second-order valence-electron chi connectivity index (χ2n) is 3.13. The van der Waals surface area contributed by atoms with E-state index in [1.165, 1.54) is 6.33 Å². The summed E-state index contributed by atoms with van der Waals surface area (Å²) in [5.74, 6) is 0.867. The highest BCUT2D eigenvalue weighted by Gasteiger charge is 2.05. The van der Waals surface area contributed by atoms with Crippen LogP contribution in [0.5, 0.6) is 0 Å². The van der Waals surface area contributed by atoms with E-state index in [0.717, 1.165) is 24.4 Å². The van der Waals surface area contributed by atoms with Crippen molar-refractivity contribution in [1.29, 1.82) is 0 Å². The molecular weight excluding hydrogens is 190 g/mol. The highest BCUT2D eigenvalue weighted by molar-refractivity contribution is 5.69. The van der Waals surface area contributed by atoms with Gasteiger partial charge in [-0.25, -0.2) is 19.9 Å². The molecule has 0 amide bonds. The Morgan fingerprint density at radius 1 is 1.13 bits per heavy atom. The molecule has 2 rings (SSSR count). The Morgan fingerprint density at radius 2 is 1.93 bits per heavy atom. The fourth-order valence-corrected chi connectivity index (χ4v) is 1.46. The fraction of sp³-hybridized carbons (Fsp3) is 0.400. The zero-order valence-corrected chi connectivity index (χ0v) is 8.88. The number of anilines is 1. The lowest BCUT2D eigenvalue weighted by Crippen LogP contribution is -2.23. The van der Waals surface area contributed by atoms with Crippen molar-refractivity contribution in [3.8, 4) is 0 Å². The van der Waals surface area contributed by atoms with Crippen molar-refractivity contribution in [2.75, 3.05) is 18.0 Å². The molecule has 0 fully saturated rings. The standard InChI is InChI=1S/C10H13N5/c1-3-15(4-2)9-6-12-8-5-11-7-13-10(8)14-9/h5-7H,3-4H2,1-2H3. The molecule has 0 spiro atoms. The molecule has 0 N–H and O–H groups in total. The van der Waals surface area contributed by atoms with E-state index in [-0.39, 0.29) is 0 Å². The molecule has 0 aliphatic carbocycles. The van der Waals surface area contributed by atoms with Crippen LogP contribution in [-0.2, 0) is 0 Å². The van der Waals surface area contributed by atoms with E-state index in [0.29, 0.717) is 5.65 Å². The number of nitrogens with zero attached hydrogens (tertiary/aromatic N) is 5. The van der Waals surface area contributed by atoms with Crippen LogP contribution in [0.25, 0.3) is 11.2 Å². The summed E-state index contributed by atoms with van der Waals surface area (Å²) in [6.07, 6.45) is 4.92. The molecule has 0 radical (unpaired) electrons. The molecule has 0 aliphatic rings. The predicted octanol–water partition coefficient (Wildman–Crippen LogP) is 1.27. The van der Waals surface area contributed by atoms with Crippen LogP contribution >= 0.6 is 0 Å². The zero-order chi connectivity index (χ0) is 10.7. The van der Waals surface area contributed by atoms with E-state index >= 15 is 0 Å². The molecule has 2 heterocycles. The first-order chi connectivity index (χ1) is 7.35. The van der Waals surface area contributed by atoms with Crippen LogP contribution in [0.4, 0.5) is 5.82 Å². The Hall–Kier alpha value is -1.78. The molecule has 2 aromatic rings. The van der Waals surface area contributed by atoms with Crippen molar-refractivity contribution >= 4 is 17.0 Å². The van der Waals surface area contributed by atoms with E-state index in [4.69, 9.17) is 0 Å².